The normalized spacial score (nSPS) is 16.0. The van der Waals surface area contributed by atoms with Gasteiger partial charge in [-0.25, -0.2) is 13.4 Å². The monoisotopic (exact) mass is 393 g/mol. The van der Waals surface area contributed by atoms with Crippen molar-refractivity contribution in [2.75, 3.05) is 12.4 Å². The molecule has 1 aromatic heterocycles. The molecule has 8 heteroatoms. The first-order chi connectivity index (χ1) is 12.4. The number of benzene rings is 1. The van der Waals surface area contributed by atoms with E-state index in [1.54, 1.807) is 7.05 Å². The predicted molar refractivity (Wildman–Crippen MR) is 103 cm³/mol. The van der Waals surface area contributed by atoms with Crippen molar-refractivity contribution < 1.29 is 13.2 Å². The largest absolute Gasteiger partial charge is 0.298 e. The van der Waals surface area contributed by atoms with E-state index in [1.807, 2.05) is 12.3 Å². The van der Waals surface area contributed by atoms with Crippen molar-refractivity contribution in [3.05, 3.63) is 40.9 Å². The minimum atomic E-state index is -3.55. The number of hydrogen-bond acceptors (Lipinski definition) is 5. The second-order valence-corrected chi connectivity index (χ2v) is 9.44. The zero-order valence-electron chi connectivity index (χ0n) is 14.9. The van der Waals surface area contributed by atoms with Gasteiger partial charge in [-0.1, -0.05) is 19.3 Å². The molecule has 1 amide bonds. The number of carbonyl (C=O) groups is 1. The lowest BCUT2D eigenvalue weighted by molar-refractivity contribution is 0.102. The first-order valence-electron chi connectivity index (χ1n) is 8.69. The summed E-state index contributed by atoms with van der Waals surface area (Å²) >= 11 is 1.35. The topological polar surface area (TPSA) is 79.4 Å². The van der Waals surface area contributed by atoms with E-state index in [4.69, 9.17) is 0 Å². The van der Waals surface area contributed by atoms with Gasteiger partial charge in [0.25, 0.3) is 5.91 Å². The molecule has 0 saturated heterocycles. The van der Waals surface area contributed by atoms with Crippen molar-refractivity contribution >= 4 is 32.4 Å². The number of aryl methyl sites for hydroxylation is 1. The number of hydrogen-bond donors (Lipinski definition) is 1. The van der Waals surface area contributed by atoms with E-state index >= 15 is 0 Å². The molecule has 6 nitrogen and oxygen atoms in total. The highest BCUT2D eigenvalue weighted by Crippen LogP contribution is 2.26. The van der Waals surface area contributed by atoms with E-state index in [0.29, 0.717) is 10.7 Å². The first-order valence-corrected chi connectivity index (χ1v) is 11.0. The molecule has 0 aliphatic heterocycles. The molecule has 1 aliphatic rings. The highest BCUT2D eigenvalue weighted by atomic mass is 32.2. The first kappa shape index (κ1) is 19.0. The van der Waals surface area contributed by atoms with Crippen molar-refractivity contribution in [3.63, 3.8) is 0 Å². The summed E-state index contributed by atoms with van der Waals surface area (Å²) in [6.07, 6.45) is 5.12. The van der Waals surface area contributed by atoms with E-state index in [0.717, 1.165) is 31.4 Å². The van der Waals surface area contributed by atoms with Crippen LogP contribution in [0.2, 0.25) is 0 Å². The third kappa shape index (κ3) is 4.13. The zero-order chi connectivity index (χ0) is 18.7. The van der Waals surface area contributed by atoms with Gasteiger partial charge in [-0.15, -0.1) is 11.3 Å². The number of nitrogens with zero attached hydrogens (tertiary/aromatic N) is 2. The summed E-state index contributed by atoms with van der Waals surface area (Å²) in [6.45, 7) is 1.86. The molecule has 0 atom stereocenters. The molecule has 0 spiro atoms. The van der Waals surface area contributed by atoms with Gasteiger partial charge in [-0.05, 0) is 44.0 Å². The van der Waals surface area contributed by atoms with Gasteiger partial charge in [-0.2, -0.15) is 4.31 Å². The molecule has 0 bridgehead atoms. The smallest absolute Gasteiger partial charge is 0.257 e. The standard InChI is InChI=1S/C18H23N3O3S2/c1-13-12-25-18(19-13)20-17(22)14-8-10-16(11-9-14)26(23,24)21(2)15-6-4-3-5-7-15/h8-12,15H,3-7H2,1-2H3,(H,19,20,22). The fraction of sp³-hybridized carbons (Fsp3) is 0.444. The van der Waals surface area contributed by atoms with Crippen LogP contribution in [0.1, 0.15) is 48.2 Å². The van der Waals surface area contributed by atoms with Crippen LogP contribution in [0.5, 0.6) is 0 Å². The lowest BCUT2D eigenvalue weighted by atomic mass is 9.96. The van der Waals surface area contributed by atoms with Crippen LogP contribution in [-0.4, -0.2) is 36.7 Å². The average molecular weight is 394 g/mol. The van der Waals surface area contributed by atoms with Gasteiger partial charge in [0.1, 0.15) is 0 Å². The van der Waals surface area contributed by atoms with Crippen LogP contribution < -0.4 is 5.32 Å². The predicted octanol–water partition coefficient (Wildman–Crippen LogP) is 3.66. The number of amides is 1. The van der Waals surface area contributed by atoms with Crippen molar-refractivity contribution in [2.24, 2.45) is 0 Å². The van der Waals surface area contributed by atoms with E-state index in [-0.39, 0.29) is 16.8 Å². The number of thiazole rings is 1. The maximum Gasteiger partial charge on any atom is 0.257 e. The van der Waals surface area contributed by atoms with E-state index in [1.165, 1.54) is 46.3 Å². The Morgan fingerprint density at radius 2 is 1.85 bits per heavy atom. The van der Waals surface area contributed by atoms with E-state index < -0.39 is 10.0 Å². The summed E-state index contributed by atoms with van der Waals surface area (Å²) in [5, 5.41) is 5.10. The van der Waals surface area contributed by atoms with Crippen LogP contribution in [-0.2, 0) is 10.0 Å². The average Bonchev–Trinajstić information content (AvgIpc) is 3.06. The molecule has 2 aromatic rings. The Labute approximate surface area is 158 Å². The molecule has 0 radical (unpaired) electrons. The third-order valence-electron chi connectivity index (χ3n) is 4.72. The molecule has 140 valence electrons. The SMILES string of the molecule is Cc1csc(NC(=O)c2ccc(S(=O)(=O)N(C)C3CCCCC3)cc2)n1. The fourth-order valence-electron chi connectivity index (χ4n) is 3.17. The molecular formula is C18H23N3O3S2. The highest BCUT2D eigenvalue weighted by Gasteiger charge is 2.29. The molecule has 1 heterocycles. The Kier molecular flexibility index (Phi) is 5.74. The third-order valence-corrected chi connectivity index (χ3v) is 7.52. The summed E-state index contributed by atoms with van der Waals surface area (Å²) in [5.41, 5.74) is 1.25. The molecular weight excluding hydrogens is 370 g/mol. The molecule has 1 saturated carbocycles. The Morgan fingerprint density at radius 1 is 1.19 bits per heavy atom. The summed E-state index contributed by atoms with van der Waals surface area (Å²) < 4.78 is 27.1. The number of aromatic nitrogens is 1. The number of sulfonamides is 1. The van der Waals surface area contributed by atoms with Gasteiger partial charge >= 0.3 is 0 Å². The second-order valence-electron chi connectivity index (χ2n) is 6.59. The van der Waals surface area contributed by atoms with Crippen molar-refractivity contribution in [3.8, 4) is 0 Å². The summed E-state index contributed by atoms with van der Waals surface area (Å²) in [7, 11) is -1.90. The molecule has 1 N–H and O–H groups in total. The van der Waals surface area contributed by atoms with E-state index in [2.05, 4.69) is 10.3 Å². The number of rotatable bonds is 5. The van der Waals surface area contributed by atoms with Gasteiger partial charge in [0, 0.05) is 24.0 Å². The van der Waals surface area contributed by atoms with Gasteiger partial charge < -0.3 is 0 Å². The lowest BCUT2D eigenvalue weighted by Crippen LogP contribution is -2.38. The Hall–Kier alpha value is -1.77. The molecule has 3 rings (SSSR count). The Balaban J connectivity index is 1.72. The lowest BCUT2D eigenvalue weighted by Gasteiger charge is -2.30. The van der Waals surface area contributed by atoms with Crippen LogP contribution >= 0.6 is 11.3 Å². The Bertz CT molecular complexity index is 869. The van der Waals surface area contributed by atoms with Crippen LogP contribution in [0.25, 0.3) is 0 Å². The minimum absolute atomic E-state index is 0.0601. The summed E-state index contributed by atoms with van der Waals surface area (Å²) in [6, 6.07) is 6.13. The second kappa shape index (κ2) is 7.85. The zero-order valence-corrected chi connectivity index (χ0v) is 16.6. The highest BCUT2D eigenvalue weighted by molar-refractivity contribution is 7.89. The van der Waals surface area contributed by atoms with Crippen LogP contribution in [0, 0.1) is 6.92 Å². The minimum Gasteiger partial charge on any atom is -0.298 e. The molecule has 1 aliphatic carbocycles. The van der Waals surface area contributed by atoms with Gasteiger partial charge in [0.2, 0.25) is 10.0 Å². The molecule has 1 aromatic carbocycles. The molecule has 26 heavy (non-hydrogen) atoms. The van der Waals surface area contributed by atoms with Crippen LogP contribution in [0.15, 0.2) is 34.5 Å². The maximum atomic E-state index is 12.8. The maximum absolute atomic E-state index is 12.8. The van der Waals surface area contributed by atoms with Crippen LogP contribution in [0.4, 0.5) is 5.13 Å². The van der Waals surface area contributed by atoms with Crippen molar-refractivity contribution in [1.29, 1.82) is 0 Å². The number of anilines is 1. The van der Waals surface area contributed by atoms with Gasteiger partial charge in [-0.3, -0.25) is 10.1 Å². The fourth-order valence-corrected chi connectivity index (χ4v) is 5.27. The van der Waals surface area contributed by atoms with E-state index in [9.17, 15) is 13.2 Å². The van der Waals surface area contributed by atoms with Gasteiger partial charge in [0.15, 0.2) is 5.13 Å². The van der Waals surface area contributed by atoms with Crippen molar-refractivity contribution in [2.45, 2.75) is 50.0 Å². The molecule has 0 unspecified atom stereocenters. The Morgan fingerprint density at radius 3 is 2.42 bits per heavy atom. The van der Waals surface area contributed by atoms with Crippen molar-refractivity contribution in [1.82, 2.24) is 9.29 Å². The van der Waals surface area contributed by atoms with Gasteiger partial charge in [0.05, 0.1) is 10.6 Å². The summed E-state index contributed by atoms with van der Waals surface area (Å²) in [4.78, 5) is 16.7. The quantitative estimate of drug-likeness (QED) is 0.841. The molecule has 1 fully saturated rings. The number of nitrogens with one attached hydrogen (secondary N) is 1. The number of carbonyl (C=O) groups excluding carboxylic acids is 1. The van der Waals surface area contributed by atoms with Crippen LogP contribution in [0.3, 0.4) is 0 Å². The summed E-state index contributed by atoms with van der Waals surface area (Å²) in [5.74, 6) is -0.302.